The second-order valence-electron chi connectivity index (χ2n) is 11.8. The summed E-state index contributed by atoms with van der Waals surface area (Å²) >= 11 is 0. The van der Waals surface area contributed by atoms with E-state index < -0.39 is 36.0 Å². The van der Waals surface area contributed by atoms with Crippen molar-refractivity contribution >= 4 is 35.9 Å². The van der Waals surface area contributed by atoms with Gasteiger partial charge >= 0.3 is 6.09 Å². The van der Waals surface area contributed by atoms with Gasteiger partial charge in [0.05, 0.1) is 0 Å². The van der Waals surface area contributed by atoms with E-state index >= 15 is 0 Å². The summed E-state index contributed by atoms with van der Waals surface area (Å²) in [5.41, 5.74) is 13.4. The van der Waals surface area contributed by atoms with E-state index in [9.17, 15) is 19.2 Å². The first-order chi connectivity index (χ1) is 23.6. The van der Waals surface area contributed by atoms with Gasteiger partial charge in [-0.1, -0.05) is 105 Å². The number of benzene rings is 3. The summed E-state index contributed by atoms with van der Waals surface area (Å²) in [4.78, 5) is 56.8. The van der Waals surface area contributed by atoms with Crippen molar-refractivity contribution in [2.75, 3.05) is 13.1 Å². The average molecular weight is 670 g/mol. The lowest BCUT2D eigenvalue weighted by Crippen LogP contribution is -2.57. The highest BCUT2D eigenvalue weighted by molar-refractivity contribution is 5.92. The first-order valence-electron chi connectivity index (χ1n) is 16.3. The number of amides is 4. The van der Waals surface area contributed by atoms with Crippen molar-refractivity contribution in [2.24, 2.45) is 22.4 Å². The number of ether oxygens (including phenoxy) is 1. The van der Waals surface area contributed by atoms with Crippen LogP contribution in [0.15, 0.2) is 102 Å². The predicted octanol–water partition coefficient (Wildman–Crippen LogP) is 3.03. The number of nitrogens with two attached hydrogens (primary N) is 2. The number of nitrogens with zero attached hydrogens (tertiary/aromatic N) is 1. The van der Waals surface area contributed by atoms with E-state index in [2.05, 4.69) is 26.3 Å². The van der Waals surface area contributed by atoms with Gasteiger partial charge in [-0.25, -0.2) is 4.79 Å². The molecule has 0 heterocycles. The fraction of sp³-hybridized carbons (Fsp3) is 0.324. The minimum Gasteiger partial charge on any atom is -0.445 e. The SMILES string of the molecule is CC(C)[C@@H](CNC(=O)/C=C/c1ccccc1)NC(=O)[C@H](Cc1ccccc1)NC(=O)[C@H](CCCN=C(N)N)NC(=O)OCc1ccccc1. The van der Waals surface area contributed by atoms with Crippen LogP contribution in [0.1, 0.15) is 43.4 Å². The third-order valence-electron chi connectivity index (χ3n) is 7.54. The zero-order chi connectivity index (χ0) is 35.4. The van der Waals surface area contributed by atoms with Crippen LogP contribution in [-0.4, -0.2) is 61.0 Å². The largest absolute Gasteiger partial charge is 0.445 e. The number of guanidine groups is 1. The summed E-state index contributed by atoms with van der Waals surface area (Å²) < 4.78 is 5.35. The fourth-order valence-electron chi connectivity index (χ4n) is 4.75. The van der Waals surface area contributed by atoms with Crippen molar-refractivity contribution in [1.29, 1.82) is 0 Å². The molecule has 0 aromatic heterocycles. The molecule has 3 aromatic carbocycles. The van der Waals surface area contributed by atoms with Crippen LogP contribution in [-0.2, 0) is 32.1 Å². The number of aliphatic imine (C=N–C) groups is 1. The minimum atomic E-state index is -1.04. The van der Waals surface area contributed by atoms with E-state index in [1.807, 2.05) is 105 Å². The van der Waals surface area contributed by atoms with Crippen molar-refractivity contribution in [1.82, 2.24) is 21.3 Å². The molecule has 3 rings (SSSR count). The summed E-state index contributed by atoms with van der Waals surface area (Å²) in [5, 5.41) is 11.3. The van der Waals surface area contributed by atoms with Crippen LogP contribution in [0.25, 0.3) is 6.08 Å². The molecule has 0 aliphatic heterocycles. The maximum absolute atomic E-state index is 13.8. The van der Waals surface area contributed by atoms with E-state index in [4.69, 9.17) is 16.2 Å². The molecule has 0 bridgehead atoms. The molecule has 0 spiro atoms. The first kappa shape index (κ1) is 37.8. The van der Waals surface area contributed by atoms with E-state index in [1.165, 1.54) is 6.08 Å². The summed E-state index contributed by atoms with van der Waals surface area (Å²) in [7, 11) is 0. The molecule has 8 N–H and O–H groups in total. The lowest BCUT2D eigenvalue weighted by molar-refractivity contribution is -0.130. The maximum atomic E-state index is 13.8. The number of alkyl carbamates (subject to hydrolysis) is 1. The highest BCUT2D eigenvalue weighted by atomic mass is 16.5. The number of hydrogen-bond acceptors (Lipinski definition) is 6. The number of nitrogens with one attached hydrogen (secondary N) is 4. The van der Waals surface area contributed by atoms with Gasteiger partial charge in [-0.3, -0.25) is 19.4 Å². The molecule has 4 amide bonds. The topological polar surface area (TPSA) is 190 Å². The van der Waals surface area contributed by atoms with E-state index in [-0.39, 0.29) is 50.3 Å². The van der Waals surface area contributed by atoms with Crippen molar-refractivity contribution in [3.63, 3.8) is 0 Å². The van der Waals surface area contributed by atoms with Crippen LogP contribution in [0.5, 0.6) is 0 Å². The van der Waals surface area contributed by atoms with E-state index in [1.54, 1.807) is 6.08 Å². The zero-order valence-electron chi connectivity index (χ0n) is 28.0. The van der Waals surface area contributed by atoms with Crippen LogP contribution in [0.3, 0.4) is 0 Å². The van der Waals surface area contributed by atoms with Crippen molar-refractivity contribution in [2.45, 2.75) is 57.8 Å². The Morgan fingerprint density at radius 1 is 0.776 bits per heavy atom. The monoisotopic (exact) mass is 669 g/mol. The van der Waals surface area contributed by atoms with Gasteiger partial charge in [0, 0.05) is 31.6 Å². The quantitative estimate of drug-likeness (QED) is 0.0519. The number of rotatable bonds is 18. The average Bonchev–Trinajstić information content (AvgIpc) is 3.10. The van der Waals surface area contributed by atoms with Gasteiger partial charge in [-0.15, -0.1) is 0 Å². The van der Waals surface area contributed by atoms with E-state index in [0.717, 1.165) is 16.7 Å². The molecule has 3 aromatic rings. The zero-order valence-corrected chi connectivity index (χ0v) is 28.0. The van der Waals surface area contributed by atoms with Crippen LogP contribution in [0.2, 0.25) is 0 Å². The Bertz CT molecular complexity index is 1530. The fourth-order valence-corrected chi connectivity index (χ4v) is 4.75. The Morgan fingerprint density at radius 2 is 1.37 bits per heavy atom. The molecule has 0 aliphatic rings. The summed E-state index contributed by atoms with van der Waals surface area (Å²) in [6, 6.07) is 25.4. The van der Waals surface area contributed by atoms with Gasteiger partial charge in [0.2, 0.25) is 17.7 Å². The van der Waals surface area contributed by atoms with Gasteiger partial charge in [0.25, 0.3) is 0 Å². The molecule has 260 valence electrons. The third-order valence-corrected chi connectivity index (χ3v) is 7.54. The normalized spacial score (nSPS) is 12.7. The van der Waals surface area contributed by atoms with Gasteiger partial charge in [-0.05, 0) is 41.5 Å². The van der Waals surface area contributed by atoms with Crippen LogP contribution >= 0.6 is 0 Å². The van der Waals surface area contributed by atoms with Crippen molar-refractivity contribution in [3.05, 3.63) is 114 Å². The number of hydrogen-bond donors (Lipinski definition) is 6. The molecule has 0 radical (unpaired) electrons. The number of carbonyl (C=O) groups is 4. The highest BCUT2D eigenvalue weighted by Crippen LogP contribution is 2.09. The molecule has 0 unspecified atom stereocenters. The minimum absolute atomic E-state index is 0.0171. The lowest BCUT2D eigenvalue weighted by Gasteiger charge is -2.27. The van der Waals surface area contributed by atoms with Crippen LogP contribution < -0.4 is 32.7 Å². The Labute approximate surface area is 287 Å². The Morgan fingerprint density at radius 3 is 1.98 bits per heavy atom. The molecule has 0 saturated carbocycles. The van der Waals surface area contributed by atoms with Gasteiger partial charge < -0.3 is 37.5 Å². The molecule has 49 heavy (non-hydrogen) atoms. The van der Waals surface area contributed by atoms with Crippen molar-refractivity contribution < 1.29 is 23.9 Å². The molecule has 12 nitrogen and oxygen atoms in total. The Hall–Kier alpha value is -5.65. The third kappa shape index (κ3) is 14.8. The van der Waals surface area contributed by atoms with Gasteiger partial charge in [-0.2, -0.15) is 0 Å². The second kappa shape index (κ2) is 20.6. The lowest BCUT2D eigenvalue weighted by atomic mass is 10.0. The summed E-state index contributed by atoms with van der Waals surface area (Å²) in [5.74, 6) is -1.43. The Balaban J connectivity index is 1.71. The predicted molar refractivity (Wildman–Crippen MR) is 191 cm³/mol. The molecule has 0 aliphatic carbocycles. The van der Waals surface area contributed by atoms with Gasteiger partial charge in [0.15, 0.2) is 5.96 Å². The smallest absolute Gasteiger partial charge is 0.408 e. The number of carbonyl (C=O) groups excluding carboxylic acids is 4. The summed E-state index contributed by atoms with van der Waals surface area (Å²) in [6.07, 6.45) is 3.11. The maximum Gasteiger partial charge on any atom is 0.408 e. The molecular weight excluding hydrogens is 622 g/mol. The van der Waals surface area contributed by atoms with Crippen molar-refractivity contribution in [3.8, 4) is 0 Å². The molecule has 12 heteroatoms. The molecular formula is C37H47N7O5. The molecule has 0 fully saturated rings. The van der Waals surface area contributed by atoms with Crippen LogP contribution in [0.4, 0.5) is 4.79 Å². The van der Waals surface area contributed by atoms with E-state index in [0.29, 0.717) is 6.42 Å². The Kier molecular flexibility index (Phi) is 15.9. The molecule has 0 saturated heterocycles. The molecule has 3 atom stereocenters. The first-order valence-corrected chi connectivity index (χ1v) is 16.3. The summed E-state index contributed by atoms with van der Waals surface area (Å²) in [6.45, 7) is 4.29. The second-order valence-corrected chi connectivity index (χ2v) is 11.8. The highest BCUT2D eigenvalue weighted by Gasteiger charge is 2.29. The standard InChI is InChI=1S/C37H47N7O5/c1-26(2)32(24-41-33(45)21-20-27-13-6-3-7-14-27)43-35(47)31(23-28-15-8-4-9-16-28)42-34(46)30(19-12-22-40-36(38)39)44-37(48)49-25-29-17-10-5-11-18-29/h3-11,13-18,20-21,26,30-32H,12,19,22-25H2,1-2H3,(H,41,45)(H,42,46)(H,43,47)(H,44,48)(H4,38,39,40)/b21-20+/t30-,31-,32+/m0/s1. The van der Waals surface area contributed by atoms with Crippen LogP contribution in [0, 0.1) is 5.92 Å². The van der Waals surface area contributed by atoms with Gasteiger partial charge in [0.1, 0.15) is 18.7 Å².